The summed E-state index contributed by atoms with van der Waals surface area (Å²) in [5, 5.41) is 3.15. The SMILES string of the molecule is NC(=O)C1CC(c2ccc3c(c2)OCCO3)CCN1. The van der Waals surface area contributed by atoms with E-state index in [1.54, 1.807) is 0 Å². The minimum atomic E-state index is -0.276. The van der Waals surface area contributed by atoms with Crippen LogP contribution >= 0.6 is 0 Å². The van der Waals surface area contributed by atoms with Gasteiger partial charge in [-0.15, -0.1) is 0 Å². The van der Waals surface area contributed by atoms with E-state index < -0.39 is 0 Å². The van der Waals surface area contributed by atoms with E-state index >= 15 is 0 Å². The quantitative estimate of drug-likeness (QED) is 0.826. The summed E-state index contributed by atoms with van der Waals surface area (Å²) in [4.78, 5) is 11.3. The monoisotopic (exact) mass is 262 g/mol. The number of hydrogen-bond acceptors (Lipinski definition) is 4. The normalized spacial score (nSPS) is 25.9. The third-order valence-electron chi connectivity index (χ3n) is 3.78. The van der Waals surface area contributed by atoms with E-state index in [0.717, 1.165) is 30.9 Å². The Morgan fingerprint density at radius 1 is 1.26 bits per heavy atom. The third kappa shape index (κ3) is 2.51. The second kappa shape index (κ2) is 5.09. The zero-order valence-corrected chi connectivity index (χ0v) is 10.7. The molecule has 3 rings (SSSR count). The highest BCUT2D eigenvalue weighted by Crippen LogP contribution is 2.36. The van der Waals surface area contributed by atoms with Crippen LogP contribution in [0.2, 0.25) is 0 Å². The largest absolute Gasteiger partial charge is 0.486 e. The number of hydrogen-bond donors (Lipinski definition) is 2. The summed E-state index contributed by atoms with van der Waals surface area (Å²) in [5.41, 5.74) is 6.56. The van der Waals surface area contributed by atoms with Gasteiger partial charge in [-0.25, -0.2) is 0 Å². The molecule has 5 heteroatoms. The van der Waals surface area contributed by atoms with E-state index in [1.807, 2.05) is 12.1 Å². The molecule has 0 bridgehead atoms. The lowest BCUT2D eigenvalue weighted by molar-refractivity contribution is -0.120. The van der Waals surface area contributed by atoms with E-state index in [4.69, 9.17) is 15.2 Å². The minimum absolute atomic E-state index is 0.230. The van der Waals surface area contributed by atoms with Gasteiger partial charge in [0, 0.05) is 0 Å². The first-order chi connectivity index (χ1) is 9.24. The molecular formula is C14H18N2O3. The molecule has 0 saturated carbocycles. The van der Waals surface area contributed by atoms with Crippen LogP contribution in [-0.2, 0) is 4.79 Å². The molecule has 5 nitrogen and oxygen atoms in total. The number of carbonyl (C=O) groups excluding carboxylic acids is 1. The van der Waals surface area contributed by atoms with Gasteiger partial charge in [-0.1, -0.05) is 6.07 Å². The van der Waals surface area contributed by atoms with Crippen LogP contribution in [0.1, 0.15) is 24.3 Å². The fourth-order valence-electron chi connectivity index (χ4n) is 2.75. The lowest BCUT2D eigenvalue weighted by Gasteiger charge is -2.29. The number of ether oxygens (including phenoxy) is 2. The van der Waals surface area contributed by atoms with Gasteiger partial charge in [0.1, 0.15) is 13.2 Å². The molecule has 102 valence electrons. The number of fused-ring (bicyclic) bond motifs is 1. The number of benzene rings is 1. The molecule has 1 saturated heterocycles. The van der Waals surface area contributed by atoms with Crippen LogP contribution in [0, 0.1) is 0 Å². The fraction of sp³-hybridized carbons (Fsp3) is 0.500. The van der Waals surface area contributed by atoms with Gasteiger partial charge < -0.3 is 20.5 Å². The van der Waals surface area contributed by atoms with Gasteiger partial charge in [-0.2, -0.15) is 0 Å². The summed E-state index contributed by atoms with van der Waals surface area (Å²) in [6.07, 6.45) is 1.75. The summed E-state index contributed by atoms with van der Waals surface area (Å²) in [5.74, 6) is 1.67. The van der Waals surface area contributed by atoms with E-state index in [0.29, 0.717) is 19.1 Å². The Labute approximate surface area is 112 Å². The Morgan fingerprint density at radius 2 is 2.05 bits per heavy atom. The molecule has 2 aliphatic heterocycles. The molecule has 0 spiro atoms. The smallest absolute Gasteiger partial charge is 0.234 e. The fourth-order valence-corrected chi connectivity index (χ4v) is 2.75. The standard InChI is InChI=1S/C14H18N2O3/c15-14(17)11-7-10(3-4-16-11)9-1-2-12-13(8-9)19-6-5-18-12/h1-2,8,10-11,16H,3-7H2,(H2,15,17). The van der Waals surface area contributed by atoms with Crippen molar-refractivity contribution in [2.45, 2.75) is 24.8 Å². The van der Waals surface area contributed by atoms with Gasteiger partial charge in [0.2, 0.25) is 5.91 Å². The Morgan fingerprint density at radius 3 is 2.84 bits per heavy atom. The average Bonchev–Trinajstić information content (AvgIpc) is 2.47. The van der Waals surface area contributed by atoms with Crippen molar-refractivity contribution in [1.82, 2.24) is 5.32 Å². The molecule has 3 N–H and O–H groups in total. The third-order valence-corrected chi connectivity index (χ3v) is 3.78. The van der Waals surface area contributed by atoms with Crippen molar-refractivity contribution in [2.75, 3.05) is 19.8 Å². The maximum absolute atomic E-state index is 11.3. The highest BCUT2D eigenvalue weighted by Gasteiger charge is 2.27. The average molecular weight is 262 g/mol. The maximum Gasteiger partial charge on any atom is 0.234 e. The van der Waals surface area contributed by atoms with Crippen LogP contribution in [0.3, 0.4) is 0 Å². The summed E-state index contributed by atoms with van der Waals surface area (Å²) in [6, 6.07) is 5.81. The van der Waals surface area contributed by atoms with Crippen LogP contribution in [0.15, 0.2) is 18.2 Å². The maximum atomic E-state index is 11.3. The van der Waals surface area contributed by atoms with E-state index in [-0.39, 0.29) is 11.9 Å². The van der Waals surface area contributed by atoms with E-state index in [9.17, 15) is 4.79 Å². The predicted molar refractivity (Wildman–Crippen MR) is 70.4 cm³/mol. The first-order valence-electron chi connectivity index (χ1n) is 6.66. The zero-order chi connectivity index (χ0) is 13.2. The van der Waals surface area contributed by atoms with E-state index in [1.165, 1.54) is 5.56 Å². The first kappa shape index (κ1) is 12.3. The molecule has 0 radical (unpaired) electrons. The summed E-state index contributed by atoms with van der Waals surface area (Å²) in [7, 11) is 0. The van der Waals surface area contributed by atoms with Gasteiger partial charge in [0.15, 0.2) is 11.5 Å². The highest BCUT2D eigenvalue weighted by molar-refractivity contribution is 5.80. The van der Waals surface area contributed by atoms with Gasteiger partial charge >= 0.3 is 0 Å². The number of rotatable bonds is 2. The summed E-state index contributed by atoms with van der Waals surface area (Å²) < 4.78 is 11.1. The molecule has 19 heavy (non-hydrogen) atoms. The molecule has 0 aromatic heterocycles. The van der Waals surface area contributed by atoms with Crippen molar-refractivity contribution in [1.29, 1.82) is 0 Å². The van der Waals surface area contributed by atoms with Crippen LogP contribution in [-0.4, -0.2) is 31.7 Å². The molecule has 2 aliphatic rings. The van der Waals surface area contributed by atoms with Crippen molar-refractivity contribution >= 4 is 5.91 Å². The highest BCUT2D eigenvalue weighted by atomic mass is 16.6. The number of carbonyl (C=O) groups is 1. The van der Waals surface area contributed by atoms with Gasteiger partial charge in [-0.05, 0) is 43.0 Å². The number of piperidine rings is 1. The van der Waals surface area contributed by atoms with Crippen LogP contribution in [0.4, 0.5) is 0 Å². The lowest BCUT2D eigenvalue weighted by atomic mass is 9.86. The van der Waals surface area contributed by atoms with Gasteiger partial charge in [0.05, 0.1) is 6.04 Å². The van der Waals surface area contributed by atoms with E-state index in [2.05, 4.69) is 11.4 Å². The number of primary amides is 1. The summed E-state index contributed by atoms with van der Waals surface area (Å²) in [6.45, 7) is 2.00. The van der Waals surface area contributed by atoms with Crippen molar-refractivity contribution in [2.24, 2.45) is 5.73 Å². The molecule has 2 unspecified atom stereocenters. The van der Waals surface area contributed by atoms with Gasteiger partial charge in [-0.3, -0.25) is 4.79 Å². The van der Waals surface area contributed by atoms with Crippen molar-refractivity contribution < 1.29 is 14.3 Å². The lowest BCUT2D eigenvalue weighted by Crippen LogP contribution is -2.46. The Balaban J connectivity index is 1.79. The van der Waals surface area contributed by atoms with Crippen molar-refractivity contribution in [3.63, 3.8) is 0 Å². The second-order valence-corrected chi connectivity index (χ2v) is 5.03. The topological polar surface area (TPSA) is 73.6 Å². The number of nitrogens with two attached hydrogens (primary N) is 1. The molecule has 1 amide bonds. The van der Waals surface area contributed by atoms with Crippen LogP contribution in [0.25, 0.3) is 0 Å². The van der Waals surface area contributed by atoms with Crippen LogP contribution in [0.5, 0.6) is 11.5 Å². The van der Waals surface area contributed by atoms with Crippen LogP contribution < -0.4 is 20.5 Å². The number of amides is 1. The molecule has 1 fully saturated rings. The predicted octanol–water partition coefficient (Wildman–Crippen LogP) is 0.779. The molecule has 2 atom stereocenters. The molecule has 1 aromatic rings. The zero-order valence-electron chi connectivity index (χ0n) is 10.7. The molecular weight excluding hydrogens is 244 g/mol. The van der Waals surface area contributed by atoms with Crippen molar-refractivity contribution in [3.05, 3.63) is 23.8 Å². The molecule has 2 heterocycles. The summed E-state index contributed by atoms with van der Waals surface area (Å²) >= 11 is 0. The molecule has 1 aromatic carbocycles. The Bertz CT molecular complexity index is 490. The number of nitrogens with one attached hydrogen (secondary N) is 1. The Hall–Kier alpha value is -1.75. The van der Waals surface area contributed by atoms with Crippen molar-refractivity contribution in [3.8, 4) is 11.5 Å². The Kier molecular flexibility index (Phi) is 3.29. The van der Waals surface area contributed by atoms with Gasteiger partial charge in [0.25, 0.3) is 0 Å². The molecule has 0 aliphatic carbocycles. The minimum Gasteiger partial charge on any atom is -0.486 e. The first-order valence-corrected chi connectivity index (χ1v) is 6.66. The second-order valence-electron chi connectivity index (χ2n) is 5.03.